The number of phenols is 1. The summed E-state index contributed by atoms with van der Waals surface area (Å²) in [5.74, 6) is -0.692. The molecule has 8 nitrogen and oxygen atoms in total. The van der Waals surface area contributed by atoms with Crippen molar-refractivity contribution < 1.29 is 24.2 Å². The van der Waals surface area contributed by atoms with Crippen LogP contribution in [0.5, 0.6) is 5.75 Å². The third kappa shape index (κ3) is 5.14. The molecule has 0 atom stereocenters. The second-order valence-corrected chi connectivity index (χ2v) is 6.47. The Bertz CT molecular complexity index is 887. The number of benzene rings is 1. The lowest BCUT2D eigenvalue weighted by molar-refractivity contribution is 0.0527. The average Bonchev–Trinajstić information content (AvgIpc) is 2.93. The summed E-state index contributed by atoms with van der Waals surface area (Å²) >= 11 is 1.01. The Labute approximate surface area is 159 Å². The largest absolute Gasteiger partial charge is 0.508 e. The van der Waals surface area contributed by atoms with Gasteiger partial charge < -0.3 is 9.84 Å². The predicted molar refractivity (Wildman–Crippen MR) is 103 cm³/mol. The van der Waals surface area contributed by atoms with Gasteiger partial charge in [0.25, 0.3) is 0 Å². The van der Waals surface area contributed by atoms with Crippen LogP contribution in [0.15, 0.2) is 29.4 Å². The third-order valence-electron chi connectivity index (χ3n) is 3.45. The van der Waals surface area contributed by atoms with Crippen molar-refractivity contribution in [1.82, 2.24) is 5.43 Å². The van der Waals surface area contributed by atoms with E-state index in [2.05, 4.69) is 15.8 Å². The number of amides is 2. The van der Waals surface area contributed by atoms with Gasteiger partial charge in [-0.1, -0.05) is 0 Å². The Morgan fingerprint density at radius 1 is 1.26 bits per heavy atom. The van der Waals surface area contributed by atoms with Crippen molar-refractivity contribution in [3.8, 4) is 5.75 Å². The highest BCUT2D eigenvalue weighted by molar-refractivity contribution is 7.18. The summed E-state index contributed by atoms with van der Waals surface area (Å²) in [4.78, 5) is 36.4. The fourth-order valence-corrected chi connectivity index (χ4v) is 3.33. The first-order valence-corrected chi connectivity index (χ1v) is 8.85. The highest BCUT2D eigenvalue weighted by Gasteiger charge is 2.25. The first kappa shape index (κ1) is 20.1. The number of nitrogens with zero attached hydrogens (tertiary/aromatic N) is 1. The number of ketones is 1. The molecule has 142 valence electrons. The Hall–Kier alpha value is -3.20. The van der Waals surface area contributed by atoms with Crippen molar-refractivity contribution >= 4 is 40.3 Å². The van der Waals surface area contributed by atoms with Gasteiger partial charge in [0.2, 0.25) is 0 Å². The normalized spacial score (nSPS) is 10.6. The van der Waals surface area contributed by atoms with E-state index in [0.29, 0.717) is 16.0 Å². The number of carbonyl (C=O) groups is 3. The summed E-state index contributed by atoms with van der Waals surface area (Å²) in [6.45, 7) is 4.86. The fraction of sp³-hybridized carbons (Fsp3) is 0.222. The van der Waals surface area contributed by atoms with Gasteiger partial charge in [-0.2, -0.15) is 5.10 Å². The van der Waals surface area contributed by atoms with Crippen LogP contribution in [-0.4, -0.2) is 35.7 Å². The molecule has 1 aromatic heterocycles. The van der Waals surface area contributed by atoms with E-state index in [9.17, 15) is 19.5 Å². The molecule has 27 heavy (non-hydrogen) atoms. The van der Waals surface area contributed by atoms with Gasteiger partial charge in [0.1, 0.15) is 10.8 Å². The van der Waals surface area contributed by atoms with Crippen molar-refractivity contribution in [1.29, 1.82) is 0 Å². The van der Waals surface area contributed by atoms with Crippen LogP contribution in [0.25, 0.3) is 0 Å². The molecule has 3 N–H and O–H groups in total. The molecule has 0 aliphatic heterocycles. The number of phenolic OH excluding ortho intramolecular Hbond substituents is 1. The molecule has 0 fully saturated rings. The first-order chi connectivity index (χ1) is 12.8. The smallest absolute Gasteiger partial charge is 0.341 e. The summed E-state index contributed by atoms with van der Waals surface area (Å²) in [7, 11) is 0. The van der Waals surface area contributed by atoms with Gasteiger partial charge in [0, 0.05) is 0 Å². The molecule has 1 heterocycles. The van der Waals surface area contributed by atoms with Crippen molar-refractivity contribution in [2.24, 2.45) is 5.10 Å². The molecule has 0 bridgehead atoms. The minimum Gasteiger partial charge on any atom is -0.508 e. The highest BCUT2D eigenvalue weighted by Crippen LogP contribution is 2.34. The van der Waals surface area contributed by atoms with Crippen molar-refractivity contribution in [2.75, 3.05) is 11.9 Å². The van der Waals surface area contributed by atoms with Gasteiger partial charge in [-0.15, -0.1) is 11.3 Å². The standard InChI is InChI=1S/C18H19N3O5S/c1-4-26-17(24)14-10(2)15(11(3)22)27-16(14)20-18(25)21-19-9-12-5-7-13(23)8-6-12/h5-9,23H,4H2,1-3H3,(H2,20,21,25). The number of thiophene rings is 1. The van der Waals surface area contributed by atoms with Crippen LogP contribution >= 0.6 is 11.3 Å². The van der Waals surface area contributed by atoms with Crippen molar-refractivity contribution in [2.45, 2.75) is 20.8 Å². The van der Waals surface area contributed by atoms with Gasteiger partial charge in [0.05, 0.1) is 23.3 Å². The summed E-state index contributed by atoms with van der Waals surface area (Å²) in [5.41, 5.74) is 3.57. The lowest BCUT2D eigenvalue weighted by Gasteiger charge is -2.06. The van der Waals surface area contributed by atoms with E-state index in [0.717, 1.165) is 11.3 Å². The minimum absolute atomic E-state index is 0.124. The van der Waals surface area contributed by atoms with E-state index >= 15 is 0 Å². The molecule has 0 radical (unpaired) electrons. The van der Waals surface area contributed by atoms with Crippen LogP contribution in [0, 0.1) is 6.92 Å². The van der Waals surface area contributed by atoms with E-state index in [1.165, 1.54) is 25.3 Å². The summed E-state index contributed by atoms with van der Waals surface area (Å²) in [5, 5.41) is 15.8. The topological polar surface area (TPSA) is 117 Å². The van der Waals surface area contributed by atoms with Gasteiger partial charge in [0.15, 0.2) is 5.78 Å². The van der Waals surface area contributed by atoms with Gasteiger partial charge in [-0.3, -0.25) is 10.1 Å². The van der Waals surface area contributed by atoms with Gasteiger partial charge in [-0.25, -0.2) is 15.0 Å². The highest BCUT2D eigenvalue weighted by atomic mass is 32.1. The number of hydrogen-bond acceptors (Lipinski definition) is 7. The summed E-state index contributed by atoms with van der Waals surface area (Å²) in [6, 6.07) is 5.56. The fourth-order valence-electron chi connectivity index (χ4n) is 2.24. The van der Waals surface area contributed by atoms with Crippen LogP contribution < -0.4 is 10.7 Å². The van der Waals surface area contributed by atoms with Crippen molar-refractivity contribution in [3.63, 3.8) is 0 Å². The first-order valence-electron chi connectivity index (χ1n) is 8.04. The number of urea groups is 1. The van der Waals surface area contributed by atoms with Crippen LogP contribution in [0.1, 0.15) is 45.0 Å². The van der Waals surface area contributed by atoms with Crippen molar-refractivity contribution in [3.05, 3.63) is 45.8 Å². The molecule has 2 rings (SSSR count). The molecule has 0 saturated heterocycles. The SMILES string of the molecule is CCOC(=O)c1c(NC(=O)NN=Cc2ccc(O)cc2)sc(C(C)=O)c1C. The number of hydrogen-bond donors (Lipinski definition) is 3. The molecule has 0 saturated carbocycles. The van der Waals surface area contributed by atoms with E-state index in [1.807, 2.05) is 0 Å². The third-order valence-corrected chi connectivity index (χ3v) is 4.75. The molecule has 9 heteroatoms. The summed E-state index contributed by atoms with van der Waals surface area (Å²) in [6.07, 6.45) is 1.39. The van der Waals surface area contributed by atoms with Crippen LogP contribution in [0.3, 0.4) is 0 Å². The number of ether oxygens (including phenoxy) is 1. The number of hydrazone groups is 1. The Balaban J connectivity index is 2.14. The number of Topliss-reactive ketones (excluding diaryl/α,β-unsaturated/α-hetero) is 1. The number of esters is 1. The van der Waals surface area contributed by atoms with Gasteiger partial charge in [-0.05, 0) is 56.2 Å². The summed E-state index contributed by atoms with van der Waals surface area (Å²) < 4.78 is 5.01. The number of nitrogens with one attached hydrogen (secondary N) is 2. The monoisotopic (exact) mass is 389 g/mol. The second kappa shape index (κ2) is 8.95. The van der Waals surface area contributed by atoms with Crippen LogP contribution in [0.2, 0.25) is 0 Å². The molecular formula is C18H19N3O5S. The molecular weight excluding hydrogens is 370 g/mol. The molecule has 2 aromatic rings. The van der Waals surface area contributed by atoms with E-state index < -0.39 is 12.0 Å². The lowest BCUT2D eigenvalue weighted by Crippen LogP contribution is -2.24. The van der Waals surface area contributed by atoms with E-state index in [-0.39, 0.29) is 28.7 Å². The zero-order valence-corrected chi connectivity index (χ0v) is 15.8. The predicted octanol–water partition coefficient (Wildman–Crippen LogP) is 3.30. The second-order valence-electron chi connectivity index (χ2n) is 5.45. The minimum atomic E-state index is -0.674. The molecule has 0 aliphatic rings. The number of carbonyl (C=O) groups excluding carboxylic acids is 3. The maximum absolute atomic E-state index is 12.2. The van der Waals surface area contributed by atoms with Crippen LogP contribution in [-0.2, 0) is 4.74 Å². The zero-order chi connectivity index (χ0) is 20.0. The molecule has 1 aromatic carbocycles. The number of anilines is 1. The number of aromatic hydroxyl groups is 1. The Morgan fingerprint density at radius 3 is 2.52 bits per heavy atom. The lowest BCUT2D eigenvalue weighted by atomic mass is 10.1. The van der Waals surface area contributed by atoms with E-state index in [4.69, 9.17) is 4.74 Å². The van der Waals surface area contributed by atoms with E-state index in [1.54, 1.807) is 26.0 Å². The van der Waals surface area contributed by atoms with Gasteiger partial charge >= 0.3 is 12.0 Å². The molecule has 0 unspecified atom stereocenters. The maximum atomic E-state index is 12.2. The molecule has 2 amide bonds. The Kier molecular flexibility index (Phi) is 6.67. The maximum Gasteiger partial charge on any atom is 0.341 e. The Morgan fingerprint density at radius 2 is 1.93 bits per heavy atom. The zero-order valence-electron chi connectivity index (χ0n) is 15.0. The molecule has 0 spiro atoms. The molecule has 0 aliphatic carbocycles. The average molecular weight is 389 g/mol. The van der Waals surface area contributed by atoms with Crippen LogP contribution in [0.4, 0.5) is 9.80 Å². The quantitative estimate of drug-likeness (QED) is 0.303. The number of rotatable bonds is 6.